The van der Waals surface area contributed by atoms with Crippen molar-refractivity contribution in [1.29, 1.82) is 0 Å². The molecule has 0 saturated carbocycles. The Labute approximate surface area is 173 Å². The van der Waals surface area contributed by atoms with Gasteiger partial charge in [-0.05, 0) is 16.7 Å². The van der Waals surface area contributed by atoms with Crippen molar-refractivity contribution in [2.24, 2.45) is 0 Å². The molecule has 0 radical (unpaired) electrons. The van der Waals surface area contributed by atoms with E-state index in [0.29, 0.717) is 0 Å². The first-order valence-corrected chi connectivity index (χ1v) is 10.1. The zero-order valence-electron chi connectivity index (χ0n) is 17.6. The van der Waals surface area contributed by atoms with E-state index in [-0.39, 0.29) is 10.8 Å². The first-order valence-electron chi connectivity index (χ1n) is 10.1. The molecule has 2 nitrogen and oxygen atoms in total. The van der Waals surface area contributed by atoms with Crippen LogP contribution in [0.25, 0.3) is 5.57 Å². The van der Waals surface area contributed by atoms with E-state index in [0.717, 1.165) is 11.1 Å². The molecule has 0 amide bonds. The highest BCUT2D eigenvalue weighted by Gasteiger charge is 2.63. The van der Waals surface area contributed by atoms with Gasteiger partial charge in [0.1, 0.15) is 6.26 Å². The average Bonchev–Trinajstić information content (AvgIpc) is 3.23. The Hall–Kier alpha value is -2.84. The van der Waals surface area contributed by atoms with Crippen LogP contribution in [0.1, 0.15) is 44.4 Å². The number of rotatable bonds is 5. The lowest BCUT2D eigenvalue weighted by Crippen LogP contribution is -2.60. The number of hydrogen-bond donors (Lipinski definition) is 0. The molecule has 0 atom stereocenters. The highest BCUT2D eigenvalue weighted by Crippen LogP contribution is 2.58. The minimum Gasteiger partial charge on any atom is -0.344 e. The Kier molecular flexibility index (Phi) is 4.84. The van der Waals surface area contributed by atoms with Crippen LogP contribution < -0.4 is 0 Å². The normalized spacial score (nSPS) is 16.2. The molecule has 0 aromatic heterocycles. The van der Waals surface area contributed by atoms with Gasteiger partial charge in [0.25, 0.3) is 0 Å². The maximum absolute atomic E-state index is 6.35. The molecular formula is C27H28O2. The van der Waals surface area contributed by atoms with Gasteiger partial charge in [-0.25, -0.2) is 0 Å². The van der Waals surface area contributed by atoms with Gasteiger partial charge in [-0.2, -0.15) is 4.89 Å². The largest absolute Gasteiger partial charge is 0.344 e. The van der Waals surface area contributed by atoms with Gasteiger partial charge in [-0.15, -0.1) is 0 Å². The fourth-order valence-corrected chi connectivity index (χ4v) is 4.94. The molecule has 29 heavy (non-hydrogen) atoms. The summed E-state index contributed by atoms with van der Waals surface area (Å²) in [6, 6.07) is 31.5. The highest BCUT2D eigenvalue weighted by atomic mass is 17.2. The minimum absolute atomic E-state index is 0.383. The Bertz CT molecular complexity index is 935. The van der Waals surface area contributed by atoms with Gasteiger partial charge in [0, 0.05) is 16.4 Å². The van der Waals surface area contributed by atoms with Crippen LogP contribution in [0.3, 0.4) is 0 Å². The summed E-state index contributed by atoms with van der Waals surface area (Å²) >= 11 is 0. The van der Waals surface area contributed by atoms with Gasteiger partial charge in [-0.1, -0.05) is 119 Å². The predicted octanol–water partition coefficient (Wildman–Crippen LogP) is 6.68. The van der Waals surface area contributed by atoms with Crippen LogP contribution in [0, 0.1) is 0 Å². The molecule has 0 unspecified atom stereocenters. The molecule has 0 fully saturated rings. The van der Waals surface area contributed by atoms with Gasteiger partial charge in [0.2, 0.25) is 0 Å². The molecule has 0 aliphatic carbocycles. The first kappa shape index (κ1) is 19.5. The van der Waals surface area contributed by atoms with Gasteiger partial charge < -0.3 is 4.89 Å². The molecule has 2 heteroatoms. The molecule has 1 aliphatic rings. The fourth-order valence-electron chi connectivity index (χ4n) is 4.94. The van der Waals surface area contributed by atoms with E-state index in [1.165, 1.54) is 11.1 Å². The molecule has 0 saturated heterocycles. The van der Waals surface area contributed by atoms with Gasteiger partial charge in [0.15, 0.2) is 5.60 Å². The zero-order valence-corrected chi connectivity index (χ0v) is 17.6. The molecule has 1 heterocycles. The van der Waals surface area contributed by atoms with Crippen molar-refractivity contribution in [1.82, 2.24) is 0 Å². The van der Waals surface area contributed by atoms with Gasteiger partial charge in [0.05, 0.1) is 0 Å². The molecule has 0 bridgehead atoms. The third-order valence-corrected chi connectivity index (χ3v) is 6.55. The van der Waals surface area contributed by atoms with Crippen molar-refractivity contribution >= 4 is 5.57 Å². The molecular weight excluding hydrogens is 356 g/mol. The quantitative estimate of drug-likeness (QED) is 0.457. The lowest BCUT2D eigenvalue weighted by molar-refractivity contribution is -0.320. The summed E-state index contributed by atoms with van der Waals surface area (Å²) < 4.78 is 0. The second kappa shape index (κ2) is 7.20. The summed E-state index contributed by atoms with van der Waals surface area (Å²) in [6.45, 7) is 8.99. The lowest BCUT2D eigenvalue weighted by Gasteiger charge is -2.52. The van der Waals surface area contributed by atoms with Crippen molar-refractivity contribution < 1.29 is 9.78 Å². The van der Waals surface area contributed by atoms with Crippen LogP contribution >= 0.6 is 0 Å². The van der Waals surface area contributed by atoms with Crippen LogP contribution in [-0.4, -0.2) is 5.60 Å². The lowest BCUT2D eigenvalue weighted by atomic mass is 9.53. The summed E-state index contributed by atoms with van der Waals surface area (Å²) in [5, 5.41) is 0. The Morgan fingerprint density at radius 1 is 0.586 bits per heavy atom. The van der Waals surface area contributed by atoms with Crippen molar-refractivity contribution in [3.63, 3.8) is 0 Å². The van der Waals surface area contributed by atoms with E-state index in [4.69, 9.17) is 9.78 Å². The fraction of sp³-hybridized carbons (Fsp3) is 0.259. The SMILES string of the molecule is CC(C)(c1ccccc1)C1(C(C)(C)c2ccccc2)OOC=C1c1ccccc1. The van der Waals surface area contributed by atoms with E-state index >= 15 is 0 Å². The van der Waals surface area contributed by atoms with Crippen LogP contribution in [0.5, 0.6) is 0 Å². The van der Waals surface area contributed by atoms with E-state index in [1.807, 2.05) is 6.07 Å². The van der Waals surface area contributed by atoms with E-state index in [1.54, 1.807) is 6.26 Å². The Morgan fingerprint density at radius 3 is 1.45 bits per heavy atom. The Balaban J connectivity index is 2.00. The summed E-state index contributed by atoms with van der Waals surface area (Å²) in [6.07, 6.45) is 1.78. The Morgan fingerprint density at radius 2 is 1.00 bits per heavy atom. The molecule has 0 N–H and O–H groups in total. The van der Waals surface area contributed by atoms with Crippen molar-refractivity contribution in [3.8, 4) is 0 Å². The van der Waals surface area contributed by atoms with E-state index in [2.05, 4.69) is 113 Å². The third-order valence-electron chi connectivity index (χ3n) is 6.55. The van der Waals surface area contributed by atoms with Crippen LogP contribution in [0.15, 0.2) is 97.3 Å². The maximum Gasteiger partial charge on any atom is 0.162 e. The highest BCUT2D eigenvalue weighted by molar-refractivity contribution is 5.77. The second-order valence-electron chi connectivity index (χ2n) is 8.74. The summed E-state index contributed by atoms with van der Waals surface area (Å²) in [7, 11) is 0. The summed E-state index contributed by atoms with van der Waals surface area (Å²) in [4.78, 5) is 12.0. The summed E-state index contributed by atoms with van der Waals surface area (Å²) in [5.74, 6) is 0. The molecule has 1 aliphatic heterocycles. The number of hydrogen-bond acceptors (Lipinski definition) is 2. The van der Waals surface area contributed by atoms with Crippen LogP contribution in [-0.2, 0) is 20.6 Å². The molecule has 4 rings (SSSR count). The molecule has 3 aromatic carbocycles. The van der Waals surface area contributed by atoms with Crippen molar-refractivity contribution in [2.45, 2.75) is 44.1 Å². The van der Waals surface area contributed by atoms with Crippen molar-refractivity contribution in [2.75, 3.05) is 0 Å². The van der Waals surface area contributed by atoms with Gasteiger partial charge in [-0.3, -0.25) is 0 Å². The molecule has 3 aromatic rings. The molecule has 148 valence electrons. The topological polar surface area (TPSA) is 18.5 Å². The smallest absolute Gasteiger partial charge is 0.162 e. The van der Waals surface area contributed by atoms with E-state index < -0.39 is 5.60 Å². The third kappa shape index (κ3) is 2.90. The standard InChI is InChI=1S/C27H28O2/c1-25(2,22-16-10-6-11-17-22)27(26(3,4)23-18-12-7-13-19-23)24(20-28-29-27)21-14-8-5-9-15-21/h5-20H,1-4H3. The molecule has 0 spiro atoms. The monoisotopic (exact) mass is 384 g/mol. The van der Waals surface area contributed by atoms with Crippen molar-refractivity contribution in [3.05, 3.63) is 114 Å². The van der Waals surface area contributed by atoms with Crippen LogP contribution in [0.4, 0.5) is 0 Å². The van der Waals surface area contributed by atoms with Gasteiger partial charge >= 0.3 is 0 Å². The van der Waals surface area contributed by atoms with Crippen LogP contribution in [0.2, 0.25) is 0 Å². The average molecular weight is 385 g/mol. The number of benzene rings is 3. The zero-order chi connectivity index (χ0) is 20.5. The first-order chi connectivity index (χ1) is 13.9. The van der Waals surface area contributed by atoms with E-state index in [9.17, 15) is 0 Å². The second-order valence-corrected chi connectivity index (χ2v) is 8.74. The predicted molar refractivity (Wildman–Crippen MR) is 118 cm³/mol. The minimum atomic E-state index is -0.746. The summed E-state index contributed by atoms with van der Waals surface area (Å²) in [5.41, 5.74) is 3.06. The maximum atomic E-state index is 6.35.